The summed E-state index contributed by atoms with van der Waals surface area (Å²) in [5.41, 5.74) is 2.21. The smallest absolute Gasteiger partial charge is 0.268 e. The van der Waals surface area contributed by atoms with E-state index in [0.717, 1.165) is 35.7 Å². The van der Waals surface area contributed by atoms with Gasteiger partial charge in [-0.15, -0.1) is 11.3 Å². The van der Waals surface area contributed by atoms with Gasteiger partial charge in [-0.05, 0) is 48.1 Å². The molecule has 0 saturated heterocycles. The Morgan fingerprint density at radius 2 is 2.26 bits per heavy atom. The molecule has 0 atom stereocenters. The highest BCUT2D eigenvalue weighted by atomic mass is 32.1. The molecule has 2 heterocycles. The van der Waals surface area contributed by atoms with Crippen LogP contribution in [0.1, 0.15) is 21.7 Å². The Morgan fingerprint density at radius 1 is 1.37 bits per heavy atom. The van der Waals surface area contributed by atoms with Gasteiger partial charge in [-0.3, -0.25) is 4.79 Å². The minimum atomic E-state index is 0.0983. The Balaban J connectivity index is 1.96. The highest BCUT2D eigenvalue weighted by Gasteiger charge is 2.24. The van der Waals surface area contributed by atoms with Crippen molar-refractivity contribution < 1.29 is 9.53 Å². The fraction of sp³-hybridized carbons (Fsp3) is 0.267. The molecule has 1 aliphatic heterocycles. The molecule has 19 heavy (non-hydrogen) atoms. The van der Waals surface area contributed by atoms with Crippen LogP contribution in [-0.2, 0) is 6.42 Å². The molecule has 0 spiro atoms. The van der Waals surface area contributed by atoms with Gasteiger partial charge in [-0.1, -0.05) is 6.07 Å². The number of amides is 1. The SMILES string of the molecule is COc1ccc2c(c1)CCCN2C(=O)c1cccs1. The van der Waals surface area contributed by atoms with Crippen molar-refractivity contribution in [3.63, 3.8) is 0 Å². The van der Waals surface area contributed by atoms with Gasteiger partial charge in [0, 0.05) is 12.2 Å². The van der Waals surface area contributed by atoms with Gasteiger partial charge in [0.1, 0.15) is 5.75 Å². The highest BCUT2D eigenvalue weighted by molar-refractivity contribution is 7.12. The average Bonchev–Trinajstić information content (AvgIpc) is 2.99. The number of benzene rings is 1. The third kappa shape index (κ3) is 2.24. The van der Waals surface area contributed by atoms with Gasteiger partial charge in [0.05, 0.1) is 12.0 Å². The molecule has 1 aliphatic rings. The monoisotopic (exact) mass is 273 g/mol. The van der Waals surface area contributed by atoms with Crippen molar-refractivity contribution in [2.24, 2.45) is 0 Å². The van der Waals surface area contributed by atoms with Crippen LogP contribution in [-0.4, -0.2) is 19.6 Å². The van der Waals surface area contributed by atoms with E-state index in [1.807, 2.05) is 40.6 Å². The van der Waals surface area contributed by atoms with Crippen molar-refractivity contribution in [2.75, 3.05) is 18.6 Å². The van der Waals surface area contributed by atoms with E-state index < -0.39 is 0 Å². The Labute approximate surface area is 116 Å². The average molecular weight is 273 g/mol. The number of anilines is 1. The van der Waals surface area contributed by atoms with E-state index in [4.69, 9.17) is 4.74 Å². The summed E-state index contributed by atoms with van der Waals surface area (Å²) in [5, 5.41) is 1.94. The zero-order valence-electron chi connectivity index (χ0n) is 10.8. The Morgan fingerprint density at radius 3 is 3.00 bits per heavy atom. The Bertz CT molecular complexity index is 592. The predicted octanol–water partition coefficient (Wildman–Crippen LogP) is 3.35. The second-order valence-electron chi connectivity index (χ2n) is 4.53. The minimum Gasteiger partial charge on any atom is -0.497 e. The van der Waals surface area contributed by atoms with Gasteiger partial charge in [-0.2, -0.15) is 0 Å². The molecule has 98 valence electrons. The molecule has 2 aromatic rings. The number of hydrogen-bond acceptors (Lipinski definition) is 3. The lowest BCUT2D eigenvalue weighted by Gasteiger charge is -2.29. The van der Waals surface area contributed by atoms with E-state index in [1.54, 1.807) is 7.11 Å². The van der Waals surface area contributed by atoms with Gasteiger partial charge in [0.15, 0.2) is 0 Å². The summed E-state index contributed by atoms with van der Waals surface area (Å²) in [5.74, 6) is 0.949. The molecule has 0 fully saturated rings. The number of methoxy groups -OCH3 is 1. The second-order valence-corrected chi connectivity index (χ2v) is 5.48. The fourth-order valence-corrected chi connectivity index (χ4v) is 3.12. The molecule has 0 N–H and O–H groups in total. The largest absolute Gasteiger partial charge is 0.497 e. The fourth-order valence-electron chi connectivity index (χ4n) is 2.44. The number of aryl methyl sites for hydroxylation is 1. The third-order valence-electron chi connectivity index (χ3n) is 3.38. The lowest BCUT2D eigenvalue weighted by molar-refractivity contribution is 0.0989. The summed E-state index contributed by atoms with van der Waals surface area (Å²) in [6.07, 6.45) is 2.00. The van der Waals surface area contributed by atoms with Crippen LogP contribution >= 0.6 is 11.3 Å². The number of carbonyl (C=O) groups is 1. The van der Waals surface area contributed by atoms with E-state index in [0.29, 0.717) is 0 Å². The number of fused-ring (bicyclic) bond motifs is 1. The van der Waals surface area contributed by atoms with E-state index in [1.165, 1.54) is 16.9 Å². The number of hydrogen-bond donors (Lipinski definition) is 0. The van der Waals surface area contributed by atoms with Gasteiger partial charge in [0.25, 0.3) is 5.91 Å². The number of rotatable bonds is 2. The topological polar surface area (TPSA) is 29.5 Å². The third-order valence-corrected chi connectivity index (χ3v) is 4.24. The first kappa shape index (κ1) is 12.2. The number of thiophene rings is 1. The maximum absolute atomic E-state index is 12.5. The molecule has 1 amide bonds. The zero-order chi connectivity index (χ0) is 13.2. The maximum atomic E-state index is 12.5. The van der Waals surface area contributed by atoms with Crippen molar-refractivity contribution in [1.82, 2.24) is 0 Å². The summed E-state index contributed by atoms with van der Waals surface area (Å²) in [4.78, 5) is 15.2. The van der Waals surface area contributed by atoms with Crippen LogP contribution in [0.15, 0.2) is 35.7 Å². The van der Waals surface area contributed by atoms with Crippen LogP contribution in [0.3, 0.4) is 0 Å². The molecule has 1 aromatic heterocycles. The highest BCUT2D eigenvalue weighted by Crippen LogP contribution is 2.31. The summed E-state index contributed by atoms with van der Waals surface area (Å²) >= 11 is 1.49. The van der Waals surface area contributed by atoms with Crippen LogP contribution in [0.25, 0.3) is 0 Å². The van der Waals surface area contributed by atoms with E-state index in [-0.39, 0.29) is 5.91 Å². The maximum Gasteiger partial charge on any atom is 0.268 e. The summed E-state index contributed by atoms with van der Waals surface area (Å²) in [7, 11) is 1.67. The van der Waals surface area contributed by atoms with Gasteiger partial charge >= 0.3 is 0 Å². The molecule has 0 unspecified atom stereocenters. The van der Waals surface area contributed by atoms with Gasteiger partial charge in [0.2, 0.25) is 0 Å². The minimum absolute atomic E-state index is 0.0983. The lowest BCUT2D eigenvalue weighted by Crippen LogP contribution is -2.35. The van der Waals surface area contributed by atoms with Gasteiger partial charge in [-0.25, -0.2) is 0 Å². The predicted molar refractivity (Wildman–Crippen MR) is 77.3 cm³/mol. The molecule has 0 bridgehead atoms. The molecule has 0 aliphatic carbocycles. The van der Waals surface area contributed by atoms with Crippen LogP contribution in [0.5, 0.6) is 5.75 Å². The molecular weight excluding hydrogens is 258 g/mol. The van der Waals surface area contributed by atoms with Crippen molar-refractivity contribution in [3.8, 4) is 5.75 Å². The quantitative estimate of drug-likeness (QED) is 0.839. The van der Waals surface area contributed by atoms with E-state index in [2.05, 4.69) is 0 Å². The van der Waals surface area contributed by atoms with Gasteiger partial charge < -0.3 is 9.64 Å². The number of carbonyl (C=O) groups excluding carboxylic acids is 1. The molecular formula is C15H15NO2S. The first-order valence-corrected chi connectivity index (χ1v) is 7.20. The van der Waals surface area contributed by atoms with Crippen molar-refractivity contribution >= 4 is 22.9 Å². The lowest BCUT2D eigenvalue weighted by atomic mass is 10.0. The molecule has 0 radical (unpaired) electrons. The first-order valence-electron chi connectivity index (χ1n) is 6.32. The van der Waals surface area contributed by atoms with E-state index in [9.17, 15) is 4.79 Å². The molecule has 1 aromatic carbocycles. The summed E-state index contributed by atoms with van der Waals surface area (Å²) in [6, 6.07) is 9.72. The summed E-state index contributed by atoms with van der Waals surface area (Å²) < 4.78 is 5.25. The second kappa shape index (κ2) is 5.05. The number of ether oxygens (including phenoxy) is 1. The molecule has 3 nitrogen and oxygen atoms in total. The number of nitrogens with zero attached hydrogens (tertiary/aromatic N) is 1. The Kier molecular flexibility index (Phi) is 3.25. The molecule has 0 saturated carbocycles. The standard InChI is InChI=1S/C15H15NO2S/c1-18-12-6-7-13-11(10-12)4-2-8-16(13)15(17)14-5-3-9-19-14/h3,5-7,9-10H,2,4,8H2,1H3. The molecule has 3 rings (SSSR count). The normalized spacial score (nSPS) is 14.1. The molecule has 4 heteroatoms. The van der Waals surface area contributed by atoms with E-state index >= 15 is 0 Å². The van der Waals surface area contributed by atoms with Crippen LogP contribution < -0.4 is 9.64 Å². The Hall–Kier alpha value is -1.81. The van der Waals surface area contributed by atoms with Crippen molar-refractivity contribution in [1.29, 1.82) is 0 Å². The van der Waals surface area contributed by atoms with Crippen molar-refractivity contribution in [3.05, 3.63) is 46.2 Å². The van der Waals surface area contributed by atoms with Crippen LogP contribution in [0.4, 0.5) is 5.69 Å². The first-order chi connectivity index (χ1) is 9.29. The zero-order valence-corrected chi connectivity index (χ0v) is 11.6. The summed E-state index contributed by atoms with van der Waals surface area (Å²) in [6.45, 7) is 0.788. The van der Waals surface area contributed by atoms with Crippen molar-refractivity contribution in [2.45, 2.75) is 12.8 Å². The van der Waals surface area contributed by atoms with Crippen LogP contribution in [0.2, 0.25) is 0 Å². The van der Waals surface area contributed by atoms with Crippen LogP contribution in [0, 0.1) is 0 Å².